The van der Waals surface area contributed by atoms with E-state index in [4.69, 9.17) is 10.6 Å². The molecular formula is C21H20N4O5S3. The van der Waals surface area contributed by atoms with Gasteiger partial charge in [0.2, 0.25) is 5.91 Å². The predicted molar refractivity (Wildman–Crippen MR) is 128 cm³/mol. The van der Waals surface area contributed by atoms with Crippen molar-refractivity contribution in [2.75, 3.05) is 24.3 Å². The van der Waals surface area contributed by atoms with E-state index in [-0.39, 0.29) is 34.6 Å². The van der Waals surface area contributed by atoms with Crippen molar-refractivity contribution in [1.29, 1.82) is 0 Å². The third-order valence-electron chi connectivity index (χ3n) is 5.13. The summed E-state index contributed by atoms with van der Waals surface area (Å²) in [7, 11) is 1.31. The number of thioether (sulfide) groups is 2. The summed E-state index contributed by atoms with van der Waals surface area (Å²) in [6.45, 7) is 0. The van der Waals surface area contributed by atoms with Crippen LogP contribution in [0, 0.1) is 5.92 Å². The van der Waals surface area contributed by atoms with Gasteiger partial charge in [0, 0.05) is 28.2 Å². The molecule has 0 spiro atoms. The number of carbonyl (C=O) groups excluding carboxylic acids is 2. The maximum Gasteiger partial charge on any atom is 0.352 e. The molecule has 2 aliphatic rings. The Kier molecular flexibility index (Phi) is 7.05. The van der Waals surface area contributed by atoms with Crippen LogP contribution in [0.2, 0.25) is 0 Å². The lowest BCUT2D eigenvalue weighted by molar-refractivity contribution is -0.153. The molecule has 2 atom stereocenters. The first-order valence-electron chi connectivity index (χ1n) is 9.84. The Bertz CT molecular complexity index is 1150. The molecule has 3 heterocycles. The van der Waals surface area contributed by atoms with E-state index in [1.807, 2.05) is 30.3 Å². The van der Waals surface area contributed by atoms with Gasteiger partial charge in [0.15, 0.2) is 16.6 Å². The zero-order chi connectivity index (χ0) is 23.5. The predicted octanol–water partition coefficient (Wildman–Crippen LogP) is 2.70. The van der Waals surface area contributed by atoms with Gasteiger partial charge >= 0.3 is 5.97 Å². The SMILES string of the molecule is CO/N=C(/C(=O)C[C@@H]1C(=O)N2C(C(=O)O)=C(CSc3ccccc3)CSC12)c1csc(N)n1. The number of carbonyl (C=O) groups is 3. The van der Waals surface area contributed by atoms with Crippen molar-refractivity contribution in [1.82, 2.24) is 9.88 Å². The second kappa shape index (κ2) is 9.98. The number of nitrogens with two attached hydrogens (primary N) is 1. The van der Waals surface area contributed by atoms with Crippen LogP contribution in [0.5, 0.6) is 0 Å². The lowest BCUT2D eigenvalue weighted by Crippen LogP contribution is -2.62. The summed E-state index contributed by atoms with van der Waals surface area (Å²) in [6, 6.07) is 9.66. The molecule has 4 rings (SSSR count). The number of ketones is 1. The van der Waals surface area contributed by atoms with Crippen LogP contribution in [0.1, 0.15) is 12.1 Å². The smallest absolute Gasteiger partial charge is 0.352 e. The van der Waals surface area contributed by atoms with Crippen LogP contribution in [0.4, 0.5) is 5.13 Å². The highest BCUT2D eigenvalue weighted by Crippen LogP contribution is 2.46. The van der Waals surface area contributed by atoms with Gasteiger partial charge in [-0.3, -0.25) is 14.5 Å². The third kappa shape index (κ3) is 4.77. The van der Waals surface area contributed by atoms with Crippen molar-refractivity contribution in [3.05, 3.63) is 52.7 Å². The fourth-order valence-electron chi connectivity index (χ4n) is 3.64. The largest absolute Gasteiger partial charge is 0.477 e. The van der Waals surface area contributed by atoms with Crippen molar-refractivity contribution in [3.8, 4) is 0 Å². The van der Waals surface area contributed by atoms with Crippen molar-refractivity contribution in [2.24, 2.45) is 11.1 Å². The molecule has 1 aromatic heterocycles. The van der Waals surface area contributed by atoms with Crippen LogP contribution in [-0.2, 0) is 19.2 Å². The standard InChI is InChI=1S/C21H20N4O5S3/c1-30-24-16(14-10-33-21(22)23-14)15(26)7-13-18(27)25-17(20(28)29)11(9-32-19(13)25)8-31-12-5-3-2-4-6-12/h2-6,10,13,19H,7-9H2,1H3,(H2,22,23)(H,28,29)/b24-16+/t13-,19?/m1/s1. The van der Waals surface area contributed by atoms with Crippen LogP contribution < -0.4 is 5.73 Å². The number of thiazole rings is 1. The Balaban J connectivity index is 1.49. The highest BCUT2D eigenvalue weighted by atomic mass is 32.2. The van der Waals surface area contributed by atoms with Crippen LogP contribution in [-0.4, -0.2) is 62.4 Å². The van der Waals surface area contributed by atoms with E-state index in [0.717, 1.165) is 4.90 Å². The highest BCUT2D eigenvalue weighted by molar-refractivity contribution is 8.01. The molecule has 0 bridgehead atoms. The summed E-state index contributed by atoms with van der Waals surface area (Å²) in [5.74, 6) is -1.63. The van der Waals surface area contributed by atoms with Crippen LogP contribution in [0.25, 0.3) is 0 Å². The fraction of sp³-hybridized carbons (Fsp3) is 0.286. The number of aliphatic carboxylic acids is 1. The maximum absolute atomic E-state index is 12.9. The number of nitrogens with zero attached hydrogens (tertiary/aromatic N) is 3. The minimum atomic E-state index is -1.14. The Morgan fingerprint density at radius 2 is 2.12 bits per heavy atom. The number of carboxylic acid groups (broad SMARTS) is 1. The maximum atomic E-state index is 12.9. The Morgan fingerprint density at radius 3 is 2.76 bits per heavy atom. The van der Waals surface area contributed by atoms with E-state index in [0.29, 0.717) is 17.1 Å². The second-order valence-corrected chi connectivity index (χ2v) is 10.2. The number of benzene rings is 1. The average molecular weight is 505 g/mol. The first-order chi connectivity index (χ1) is 15.9. The molecule has 0 saturated carbocycles. The average Bonchev–Trinajstić information content (AvgIpc) is 3.25. The molecule has 1 fully saturated rings. The van der Waals surface area contributed by atoms with Gasteiger partial charge in [-0.25, -0.2) is 9.78 Å². The monoisotopic (exact) mass is 504 g/mol. The number of aromatic nitrogens is 1. The quantitative estimate of drug-likeness (QED) is 0.229. The number of anilines is 1. The van der Waals surface area contributed by atoms with Gasteiger partial charge in [-0.05, 0) is 17.7 Å². The van der Waals surface area contributed by atoms with Crippen LogP contribution in [0.15, 0.2) is 57.0 Å². The molecule has 9 nitrogen and oxygen atoms in total. The molecule has 0 radical (unpaired) electrons. The number of Topliss-reactive ketones (excluding diaryl/α,β-unsaturated/α-hetero) is 1. The summed E-state index contributed by atoms with van der Waals surface area (Å²) < 4.78 is 0. The Morgan fingerprint density at radius 1 is 1.36 bits per heavy atom. The molecule has 0 aliphatic carbocycles. The van der Waals surface area contributed by atoms with E-state index < -0.39 is 23.0 Å². The van der Waals surface area contributed by atoms with Crippen molar-refractivity contribution < 1.29 is 24.3 Å². The van der Waals surface area contributed by atoms with E-state index in [2.05, 4.69) is 10.1 Å². The normalized spacial score (nSPS) is 20.3. The summed E-state index contributed by atoms with van der Waals surface area (Å²) in [5, 5.41) is 15.1. The van der Waals surface area contributed by atoms with Crippen LogP contribution >= 0.6 is 34.9 Å². The van der Waals surface area contributed by atoms with E-state index in [9.17, 15) is 19.5 Å². The number of oxime groups is 1. The van der Waals surface area contributed by atoms with E-state index in [1.54, 1.807) is 5.38 Å². The molecule has 12 heteroatoms. The lowest BCUT2D eigenvalue weighted by Gasteiger charge is -2.49. The molecule has 1 aromatic carbocycles. The fourth-order valence-corrected chi connectivity index (χ4v) is 6.66. The molecule has 1 unspecified atom stereocenters. The lowest BCUT2D eigenvalue weighted by atomic mass is 9.89. The Labute approximate surface area is 202 Å². The number of β-lactam (4-membered cyclic amide) rings is 1. The molecule has 2 aromatic rings. The van der Waals surface area contributed by atoms with E-state index in [1.165, 1.54) is 46.9 Å². The number of nitrogen functional groups attached to an aromatic ring is 1. The summed E-state index contributed by atoms with van der Waals surface area (Å²) in [6.07, 6.45) is -0.117. The van der Waals surface area contributed by atoms with Gasteiger partial charge in [-0.2, -0.15) is 0 Å². The zero-order valence-corrected chi connectivity index (χ0v) is 19.9. The highest BCUT2D eigenvalue weighted by Gasteiger charge is 2.54. The topological polar surface area (TPSA) is 135 Å². The Hall–Kier alpha value is -2.83. The molecule has 2 aliphatic heterocycles. The second-order valence-electron chi connectivity index (χ2n) is 7.20. The summed E-state index contributed by atoms with van der Waals surface area (Å²) >= 11 is 4.16. The number of hydrogen-bond donors (Lipinski definition) is 2. The minimum absolute atomic E-state index is 0.00791. The van der Waals surface area contributed by atoms with Crippen LogP contribution in [0.3, 0.4) is 0 Å². The molecular weight excluding hydrogens is 484 g/mol. The third-order valence-corrected chi connectivity index (χ3v) is 8.30. The minimum Gasteiger partial charge on any atom is -0.477 e. The van der Waals surface area contributed by atoms with Gasteiger partial charge in [-0.1, -0.05) is 23.4 Å². The number of fused-ring (bicyclic) bond motifs is 1. The molecule has 172 valence electrons. The number of rotatable bonds is 9. The van der Waals surface area contributed by atoms with E-state index >= 15 is 0 Å². The van der Waals surface area contributed by atoms with Gasteiger partial charge in [0.25, 0.3) is 0 Å². The number of amides is 1. The first-order valence-corrected chi connectivity index (χ1v) is 12.8. The molecule has 1 saturated heterocycles. The molecule has 33 heavy (non-hydrogen) atoms. The van der Waals surface area contributed by atoms with Crippen molar-refractivity contribution >= 4 is 63.4 Å². The summed E-state index contributed by atoms with van der Waals surface area (Å²) in [4.78, 5) is 49.1. The summed E-state index contributed by atoms with van der Waals surface area (Å²) in [5.41, 5.74) is 6.64. The van der Waals surface area contributed by atoms with Gasteiger partial charge in [0.05, 0.1) is 11.3 Å². The molecule has 3 N–H and O–H groups in total. The van der Waals surface area contributed by atoms with Crippen molar-refractivity contribution in [3.63, 3.8) is 0 Å². The number of carboxylic acids is 1. The number of hydrogen-bond acceptors (Lipinski definition) is 10. The molecule has 1 amide bonds. The van der Waals surface area contributed by atoms with Gasteiger partial charge < -0.3 is 15.7 Å². The zero-order valence-electron chi connectivity index (χ0n) is 17.5. The first kappa shape index (κ1) is 23.3. The van der Waals surface area contributed by atoms with Gasteiger partial charge in [-0.15, -0.1) is 34.9 Å². The van der Waals surface area contributed by atoms with Crippen molar-refractivity contribution in [2.45, 2.75) is 16.7 Å². The van der Waals surface area contributed by atoms with Gasteiger partial charge in [0.1, 0.15) is 18.5 Å².